The maximum Gasteiger partial charge on any atom is 0.255 e. The zero-order valence-electron chi connectivity index (χ0n) is 23.5. The van der Waals surface area contributed by atoms with E-state index >= 15 is 0 Å². The molecule has 42 heavy (non-hydrogen) atoms. The molecule has 226 valence electrons. The van der Waals surface area contributed by atoms with E-state index in [-0.39, 0.29) is 29.1 Å². The van der Waals surface area contributed by atoms with Gasteiger partial charge in [-0.2, -0.15) is 4.98 Å². The van der Waals surface area contributed by atoms with Crippen LogP contribution in [-0.2, 0) is 14.8 Å². The van der Waals surface area contributed by atoms with Gasteiger partial charge in [0.2, 0.25) is 21.9 Å². The number of hydrogen-bond donors (Lipinski definition) is 5. The Morgan fingerprint density at radius 3 is 2.52 bits per heavy atom. The number of anilines is 5. The molecular weight excluding hydrogens is 586 g/mol. The summed E-state index contributed by atoms with van der Waals surface area (Å²) in [5.74, 6) is 0.103. The molecule has 0 bridgehead atoms. The van der Waals surface area contributed by atoms with Gasteiger partial charge in [-0.3, -0.25) is 19.1 Å². The van der Waals surface area contributed by atoms with Crippen LogP contribution in [0.2, 0.25) is 5.02 Å². The van der Waals surface area contributed by atoms with E-state index in [0.717, 1.165) is 29.8 Å². The molecule has 5 N–H and O–H groups in total. The Kier molecular flexibility index (Phi) is 11.7. The van der Waals surface area contributed by atoms with E-state index < -0.39 is 15.9 Å². The molecule has 2 amide bonds. The van der Waals surface area contributed by atoms with Gasteiger partial charge in [-0.1, -0.05) is 36.6 Å². The number of benzene rings is 2. The number of halogens is 1. The number of aromatic nitrogens is 2. The van der Waals surface area contributed by atoms with Crippen LogP contribution in [0, 0.1) is 0 Å². The van der Waals surface area contributed by atoms with Crippen LogP contribution >= 0.6 is 11.6 Å². The van der Waals surface area contributed by atoms with E-state index in [0.29, 0.717) is 41.3 Å². The molecular formula is C27H34ClN7O6S. The van der Waals surface area contributed by atoms with Crippen molar-refractivity contribution in [1.82, 2.24) is 20.8 Å². The molecule has 3 rings (SSSR count). The molecule has 3 aromatic rings. The molecule has 0 atom stereocenters. The average molecular weight is 620 g/mol. The lowest BCUT2D eigenvalue weighted by atomic mass is 10.1. The number of amides is 2. The van der Waals surface area contributed by atoms with E-state index in [1.807, 2.05) is 0 Å². The van der Waals surface area contributed by atoms with Crippen LogP contribution < -0.4 is 30.5 Å². The Morgan fingerprint density at radius 1 is 1.07 bits per heavy atom. The third-order valence-corrected chi connectivity index (χ3v) is 7.65. The highest BCUT2D eigenvalue weighted by Crippen LogP contribution is 2.32. The highest BCUT2D eigenvalue weighted by atomic mass is 35.5. The summed E-state index contributed by atoms with van der Waals surface area (Å²) in [6, 6.07) is 11.8. The maximum atomic E-state index is 12.7. The molecule has 1 heterocycles. The van der Waals surface area contributed by atoms with E-state index in [1.54, 1.807) is 47.9 Å². The molecule has 13 nitrogen and oxygen atoms in total. The van der Waals surface area contributed by atoms with E-state index in [2.05, 4.69) is 25.9 Å². The number of hydroxylamine groups is 1. The smallest absolute Gasteiger partial charge is 0.255 e. The molecule has 0 spiro atoms. The van der Waals surface area contributed by atoms with Crippen molar-refractivity contribution < 1.29 is 28.0 Å². The minimum atomic E-state index is -3.50. The molecule has 0 saturated heterocycles. The second-order valence-electron chi connectivity index (χ2n) is 9.26. The Hall–Kier alpha value is -4.14. The second-order valence-corrected chi connectivity index (χ2v) is 11.7. The largest absolute Gasteiger partial charge is 0.496 e. The van der Waals surface area contributed by atoms with Gasteiger partial charge in [0.05, 0.1) is 36.5 Å². The van der Waals surface area contributed by atoms with Crippen molar-refractivity contribution in [2.24, 2.45) is 0 Å². The second kappa shape index (κ2) is 15.2. The van der Waals surface area contributed by atoms with Crippen LogP contribution in [0.25, 0.3) is 0 Å². The van der Waals surface area contributed by atoms with Crippen molar-refractivity contribution in [3.63, 3.8) is 0 Å². The first-order chi connectivity index (χ1) is 20.0. The van der Waals surface area contributed by atoms with E-state index in [4.69, 9.17) is 21.5 Å². The van der Waals surface area contributed by atoms with E-state index in [9.17, 15) is 18.0 Å². The van der Waals surface area contributed by atoms with Crippen molar-refractivity contribution in [3.05, 3.63) is 59.2 Å². The van der Waals surface area contributed by atoms with Gasteiger partial charge in [0, 0.05) is 31.8 Å². The number of carbonyl (C=O) groups is 2. The maximum absolute atomic E-state index is 12.7. The van der Waals surface area contributed by atoms with Crippen LogP contribution in [0.3, 0.4) is 0 Å². The van der Waals surface area contributed by atoms with Gasteiger partial charge in [-0.25, -0.2) is 18.9 Å². The van der Waals surface area contributed by atoms with Gasteiger partial charge in [-0.15, -0.1) is 0 Å². The highest BCUT2D eigenvalue weighted by molar-refractivity contribution is 7.92. The first-order valence-electron chi connectivity index (χ1n) is 13.0. The number of ether oxygens (including phenoxy) is 1. The summed E-state index contributed by atoms with van der Waals surface area (Å²) in [6.07, 6.45) is 5.82. The first kappa shape index (κ1) is 32.4. The molecule has 0 radical (unpaired) electrons. The third-order valence-electron chi connectivity index (χ3n) is 6.18. The SMILES string of the molecule is COc1cc(Nc2ncc(Cl)c(Nc3ccccc3N(C)S(C)(=O)=O)n2)ccc1C(=O)NCCCCCCC(=O)NO. The summed E-state index contributed by atoms with van der Waals surface area (Å²) in [5, 5.41) is 17.7. The Morgan fingerprint density at radius 2 is 1.81 bits per heavy atom. The van der Waals surface area contributed by atoms with Gasteiger partial charge in [-0.05, 0) is 37.1 Å². The van der Waals surface area contributed by atoms with Gasteiger partial charge >= 0.3 is 0 Å². The fourth-order valence-corrected chi connectivity index (χ4v) is 4.53. The molecule has 15 heteroatoms. The molecule has 1 aromatic heterocycles. The van der Waals surface area contributed by atoms with E-state index in [1.165, 1.54) is 20.4 Å². The molecule has 2 aromatic carbocycles. The predicted octanol–water partition coefficient (Wildman–Crippen LogP) is 4.21. The Balaban J connectivity index is 1.65. The monoisotopic (exact) mass is 619 g/mol. The molecule has 0 fully saturated rings. The molecule has 0 aliphatic carbocycles. The summed E-state index contributed by atoms with van der Waals surface area (Å²) in [5.41, 5.74) is 3.40. The summed E-state index contributed by atoms with van der Waals surface area (Å²) in [6.45, 7) is 0.464. The highest BCUT2D eigenvalue weighted by Gasteiger charge is 2.17. The van der Waals surface area contributed by atoms with Gasteiger partial charge in [0.15, 0.2) is 5.82 Å². The zero-order chi connectivity index (χ0) is 30.7. The fraction of sp³-hybridized carbons (Fsp3) is 0.333. The number of carbonyl (C=O) groups excluding carboxylic acids is 2. The molecule has 0 saturated carbocycles. The van der Waals surface area contributed by atoms with Crippen LogP contribution in [-0.4, -0.2) is 62.4 Å². The summed E-state index contributed by atoms with van der Waals surface area (Å²) in [7, 11) is -0.591. The summed E-state index contributed by atoms with van der Waals surface area (Å²) in [4.78, 5) is 32.4. The fourth-order valence-electron chi connectivity index (χ4n) is 3.88. The van der Waals surface area contributed by atoms with Crippen molar-refractivity contribution in [3.8, 4) is 5.75 Å². The lowest BCUT2D eigenvalue weighted by molar-refractivity contribution is -0.129. The lowest BCUT2D eigenvalue weighted by Gasteiger charge is -2.21. The number of nitrogens with one attached hydrogen (secondary N) is 4. The Bertz CT molecular complexity index is 1510. The number of rotatable bonds is 15. The first-order valence-corrected chi connectivity index (χ1v) is 15.2. The average Bonchev–Trinajstić information content (AvgIpc) is 2.97. The van der Waals surface area contributed by atoms with Crippen molar-refractivity contribution in [1.29, 1.82) is 0 Å². The van der Waals surface area contributed by atoms with Crippen molar-refractivity contribution in [2.45, 2.75) is 32.1 Å². The minimum Gasteiger partial charge on any atom is -0.496 e. The standard InChI is InChI=1S/C27H34ClN7O6S/c1-35(42(3,39)40)22-11-8-7-10-21(22)32-25-20(28)17-30-27(33-25)31-18-13-14-19(23(16-18)41-2)26(37)29-15-9-5-4-6-12-24(36)34-38/h7-8,10-11,13-14,16-17,38H,4-6,9,12,15H2,1-3H3,(H,29,37)(H,34,36)(H2,30,31,32,33). The minimum absolute atomic E-state index is 0.201. The zero-order valence-corrected chi connectivity index (χ0v) is 25.1. The molecule has 0 unspecified atom stereocenters. The van der Waals surface area contributed by atoms with Crippen molar-refractivity contribution >= 4 is 62.3 Å². The van der Waals surface area contributed by atoms with Gasteiger partial charge in [0.25, 0.3) is 5.91 Å². The summed E-state index contributed by atoms with van der Waals surface area (Å²) < 4.78 is 30.8. The number of sulfonamides is 1. The quantitative estimate of drug-likeness (QED) is 0.0941. The predicted molar refractivity (Wildman–Crippen MR) is 162 cm³/mol. The van der Waals surface area contributed by atoms with Crippen LogP contribution in [0.5, 0.6) is 5.75 Å². The molecule has 0 aliphatic heterocycles. The lowest BCUT2D eigenvalue weighted by Crippen LogP contribution is -2.25. The van der Waals surface area contributed by atoms with Crippen LogP contribution in [0.4, 0.5) is 28.8 Å². The van der Waals surface area contributed by atoms with Crippen LogP contribution in [0.1, 0.15) is 42.5 Å². The molecule has 0 aliphatic rings. The number of hydrogen-bond acceptors (Lipinski definition) is 10. The topological polar surface area (TPSA) is 175 Å². The number of methoxy groups -OCH3 is 1. The number of para-hydroxylation sites is 2. The van der Waals surface area contributed by atoms with Crippen LogP contribution in [0.15, 0.2) is 48.7 Å². The summed E-state index contributed by atoms with van der Waals surface area (Å²) >= 11 is 6.33. The Labute approximate surface area is 249 Å². The van der Waals surface area contributed by atoms with Crippen molar-refractivity contribution in [2.75, 3.05) is 41.9 Å². The third kappa shape index (κ3) is 9.19. The number of unbranched alkanes of at least 4 members (excludes halogenated alkanes) is 3. The van der Waals surface area contributed by atoms with Gasteiger partial charge in [0.1, 0.15) is 10.8 Å². The normalized spacial score (nSPS) is 11.0. The number of nitrogens with zero attached hydrogens (tertiary/aromatic N) is 3. The van der Waals surface area contributed by atoms with Gasteiger partial charge < -0.3 is 20.7 Å².